The number of likely N-dealkylation sites (N-methyl/N-ethyl adjacent to an activating group) is 1. The van der Waals surface area contributed by atoms with Crippen LogP contribution in [0.2, 0.25) is 0 Å². The molecule has 3 fully saturated rings. The molecule has 0 aromatic carbocycles. The molecule has 0 bridgehead atoms. The van der Waals surface area contributed by atoms with Gasteiger partial charge in [-0.05, 0) is 94.8 Å². The largest absolute Gasteiger partial charge is 0.459 e. The summed E-state index contributed by atoms with van der Waals surface area (Å²) in [5.41, 5.74) is -3.26. The molecule has 3 rings (SSSR count). The summed E-state index contributed by atoms with van der Waals surface area (Å²) in [5, 5.41) is 24.3. The SMILES string of the molecule is CC[C@H]1OC(=O)[C@H](C)[C@@H](O[C@H]2C[C@@](C)(OC)[C@@H](OC)[C@@H](C)O2)[C@H](C)[C@@H](O[C@@H]2O[C@H](C)C[C@@H](N(C)C)[C@H]2O)[C@](C)(O)C[C@@H](C)N(C)C[C@H](C)[C@@H](OC)[C@]1(C)OC. The van der Waals surface area contributed by atoms with E-state index in [-0.39, 0.29) is 36.6 Å². The van der Waals surface area contributed by atoms with Gasteiger partial charge in [0.15, 0.2) is 12.6 Å². The van der Waals surface area contributed by atoms with Crippen molar-refractivity contribution in [2.45, 2.75) is 185 Å². The molecule has 0 unspecified atom stereocenters. The minimum absolute atomic E-state index is 0.0589. The first-order chi connectivity index (χ1) is 25.5. The Hall–Kier alpha value is -1.01. The predicted octanol–water partition coefficient (Wildman–Crippen LogP) is 3.86. The monoisotopic (exact) mass is 791 g/mol. The molecule has 0 aromatic rings. The number of aliphatic hydroxyl groups excluding tert-OH is 1. The zero-order chi connectivity index (χ0) is 41.8. The Morgan fingerprint density at radius 1 is 0.891 bits per heavy atom. The predicted molar refractivity (Wildman–Crippen MR) is 209 cm³/mol. The highest BCUT2D eigenvalue weighted by atomic mass is 16.7. The van der Waals surface area contributed by atoms with Crippen LogP contribution in [-0.4, -0.2) is 172 Å². The van der Waals surface area contributed by atoms with Crippen LogP contribution < -0.4 is 0 Å². The molecule has 18 atom stereocenters. The first-order valence-electron chi connectivity index (χ1n) is 20.3. The number of cyclic esters (lactones) is 1. The van der Waals surface area contributed by atoms with Crippen molar-refractivity contribution < 1.29 is 57.6 Å². The second-order valence-corrected chi connectivity index (χ2v) is 17.7. The van der Waals surface area contributed by atoms with E-state index in [2.05, 4.69) is 18.7 Å². The van der Waals surface area contributed by atoms with E-state index >= 15 is 0 Å². The van der Waals surface area contributed by atoms with Crippen LogP contribution in [0.3, 0.4) is 0 Å². The fourth-order valence-corrected chi connectivity index (χ4v) is 9.75. The number of rotatable bonds is 10. The minimum atomic E-state index is -1.50. The Morgan fingerprint density at radius 2 is 1.51 bits per heavy atom. The van der Waals surface area contributed by atoms with Gasteiger partial charge in [-0.3, -0.25) is 4.79 Å². The molecule has 324 valence electrons. The highest BCUT2D eigenvalue weighted by Crippen LogP contribution is 2.41. The van der Waals surface area contributed by atoms with Crippen LogP contribution in [0.5, 0.6) is 0 Å². The van der Waals surface area contributed by atoms with E-state index < -0.39 is 83.8 Å². The fraction of sp³-hybridized carbons (Fsp3) is 0.976. The van der Waals surface area contributed by atoms with Crippen LogP contribution in [0.4, 0.5) is 0 Å². The zero-order valence-electron chi connectivity index (χ0n) is 37.1. The summed E-state index contributed by atoms with van der Waals surface area (Å²) < 4.78 is 57.0. The summed E-state index contributed by atoms with van der Waals surface area (Å²) in [6, 6.07) is -0.374. The van der Waals surface area contributed by atoms with Crippen molar-refractivity contribution >= 4 is 5.97 Å². The van der Waals surface area contributed by atoms with E-state index in [0.717, 1.165) is 0 Å². The van der Waals surface area contributed by atoms with Crippen molar-refractivity contribution in [2.24, 2.45) is 17.8 Å². The average Bonchev–Trinajstić information content (AvgIpc) is 3.11. The number of carbonyl (C=O) groups excluding carboxylic acids is 1. The molecular weight excluding hydrogens is 712 g/mol. The maximum Gasteiger partial charge on any atom is 0.311 e. The smallest absolute Gasteiger partial charge is 0.311 e. The maximum atomic E-state index is 14.6. The zero-order valence-corrected chi connectivity index (χ0v) is 37.1. The minimum Gasteiger partial charge on any atom is -0.459 e. The van der Waals surface area contributed by atoms with Crippen molar-refractivity contribution in [1.29, 1.82) is 0 Å². The van der Waals surface area contributed by atoms with Crippen molar-refractivity contribution in [3.05, 3.63) is 0 Å². The van der Waals surface area contributed by atoms with Crippen LogP contribution in [0.25, 0.3) is 0 Å². The quantitative estimate of drug-likeness (QED) is 0.309. The van der Waals surface area contributed by atoms with Crippen LogP contribution >= 0.6 is 0 Å². The van der Waals surface area contributed by atoms with Gasteiger partial charge < -0.3 is 62.6 Å². The van der Waals surface area contributed by atoms with E-state index in [4.69, 9.17) is 42.6 Å². The van der Waals surface area contributed by atoms with E-state index in [9.17, 15) is 15.0 Å². The van der Waals surface area contributed by atoms with Crippen molar-refractivity contribution in [2.75, 3.05) is 56.1 Å². The van der Waals surface area contributed by atoms with Gasteiger partial charge in [-0.1, -0.05) is 20.8 Å². The van der Waals surface area contributed by atoms with Crippen LogP contribution in [0.1, 0.15) is 94.9 Å². The Labute approximate surface area is 332 Å². The molecule has 0 radical (unpaired) electrons. The lowest BCUT2D eigenvalue weighted by Gasteiger charge is -2.49. The van der Waals surface area contributed by atoms with Gasteiger partial charge in [0.1, 0.15) is 23.9 Å². The molecule has 2 N–H and O–H groups in total. The van der Waals surface area contributed by atoms with Crippen LogP contribution in [0.15, 0.2) is 0 Å². The summed E-state index contributed by atoms with van der Waals surface area (Å²) in [5.74, 6) is -2.11. The van der Waals surface area contributed by atoms with E-state index in [1.165, 1.54) is 0 Å². The van der Waals surface area contributed by atoms with Gasteiger partial charge in [-0.15, -0.1) is 0 Å². The summed E-state index contributed by atoms with van der Waals surface area (Å²) >= 11 is 0. The van der Waals surface area contributed by atoms with Crippen molar-refractivity contribution in [3.63, 3.8) is 0 Å². The van der Waals surface area contributed by atoms with Gasteiger partial charge in [0, 0.05) is 59.4 Å². The summed E-state index contributed by atoms with van der Waals surface area (Å²) in [6.07, 6.45) is -5.21. The van der Waals surface area contributed by atoms with Gasteiger partial charge in [0.25, 0.3) is 0 Å². The molecule has 14 nitrogen and oxygen atoms in total. The topological polar surface area (TPSA) is 147 Å². The molecule has 0 aromatic heterocycles. The molecular formula is C41H78N2O12. The molecule has 0 saturated carbocycles. The highest BCUT2D eigenvalue weighted by Gasteiger charge is 2.53. The Balaban J connectivity index is 2.22. The third-order valence-corrected chi connectivity index (χ3v) is 13.1. The third kappa shape index (κ3) is 10.8. The molecule has 0 aliphatic carbocycles. The lowest BCUT2D eigenvalue weighted by molar-refractivity contribution is -0.319. The van der Waals surface area contributed by atoms with Crippen LogP contribution in [0, 0.1) is 17.8 Å². The number of aliphatic hydroxyl groups is 2. The molecule has 0 spiro atoms. The number of hydrogen-bond donors (Lipinski definition) is 2. The number of carbonyl (C=O) groups is 1. The Kier molecular flexibility index (Phi) is 17.4. The van der Waals surface area contributed by atoms with Crippen molar-refractivity contribution in [3.8, 4) is 0 Å². The molecule has 0 amide bonds. The lowest BCUT2D eigenvalue weighted by Crippen LogP contribution is -2.61. The Morgan fingerprint density at radius 3 is 2.04 bits per heavy atom. The van der Waals surface area contributed by atoms with Gasteiger partial charge in [-0.2, -0.15) is 0 Å². The molecule has 3 saturated heterocycles. The van der Waals surface area contributed by atoms with Gasteiger partial charge >= 0.3 is 5.97 Å². The Bertz CT molecular complexity index is 1200. The number of nitrogens with zero attached hydrogens (tertiary/aromatic N) is 2. The first kappa shape index (κ1) is 48.4. The number of hydrogen-bond acceptors (Lipinski definition) is 14. The first-order valence-corrected chi connectivity index (χ1v) is 20.3. The number of esters is 1. The lowest BCUT2D eigenvalue weighted by atomic mass is 9.78. The third-order valence-electron chi connectivity index (χ3n) is 13.1. The molecule has 3 heterocycles. The molecule has 3 aliphatic heterocycles. The van der Waals surface area contributed by atoms with Crippen LogP contribution in [-0.2, 0) is 47.4 Å². The molecule has 3 aliphatic rings. The summed E-state index contributed by atoms with van der Waals surface area (Å²) in [7, 11) is 12.4. The highest BCUT2D eigenvalue weighted by molar-refractivity contribution is 5.73. The van der Waals surface area contributed by atoms with Gasteiger partial charge in [-0.25, -0.2) is 0 Å². The summed E-state index contributed by atoms with van der Waals surface area (Å²) in [6.45, 7) is 19.9. The number of methoxy groups -OCH3 is 4. The van der Waals surface area contributed by atoms with E-state index in [0.29, 0.717) is 25.8 Å². The maximum absolute atomic E-state index is 14.6. The van der Waals surface area contributed by atoms with E-state index in [1.807, 2.05) is 67.6 Å². The average molecular weight is 791 g/mol. The number of ether oxygens (including phenoxy) is 9. The second-order valence-electron chi connectivity index (χ2n) is 17.7. The molecule has 55 heavy (non-hydrogen) atoms. The fourth-order valence-electron chi connectivity index (χ4n) is 9.75. The molecule has 14 heteroatoms. The van der Waals surface area contributed by atoms with Crippen molar-refractivity contribution in [1.82, 2.24) is 9.80 Å². The second kappa shape index (κ2) is 19.8. The van der Waals surface area contributed by atoms with Gasteiger partial charge in [0.05, 0.1) is 47.6 Å². The normalized spacial score (nSPS) is 47.6. The summed E-state index contributed by atoms with van der Waals surface area (Å²) in [4.78, 5) is 18.7. The standard InChI is InChI=1S/C41H78N2O12/c1-18-30-41(10,50-17)34(47-14)23(2)22-43(13)24(3)20-39(8,46)35(55-38-32(44)29(42(11)12)19-25(4)51-38)26(5)33(27(6)37(45)53-30)54-31-21-40(9,49-16)36(48-15)28(7)52-31/h23-36,38,44,46H,18-22H2,1-17H3/t23-,24+,25+,26-,27+,28+,29+,30+,31-,32+,33-,34+,35+,36-,38-,39+,40+,41+/m0/s1. The van der Waals surface area contributed by atoms with E-state index in [1.54, 1.807) is 42.3 Å². The van der Waals surface area contributed by atoms with Gasteiger partial charge in [0.2, 0.25) is 0 Å².